The minimum atomic E-state index is -0.646. The minimum Gasteiger partial charge on any atom is -0.493 e. The molecule has 0 N–H and O–H groups in total. The van der Waals surface area contributed by atoms with E-state index in [4.69, 9.17) is 15.0 Å². The van der Waals surface area contributed by atoms with Gasteiger partial charge < -0.3 is 9.47 Å². The molecular weight excluding hydrogens is 270 g/mol. The van der Waals surface area contributed by atoms with Gasteiger partial charge in [0.2, 0.25) is 5.91 Å². The Morgan fingerprint density at radius 3 is 2.86 bits per heavy atom. The lowest BCUT2D eigenvalue weighted by atomic mass is 10.1. The SMILES string of the molecule is COc1cccc(C=CC(=O)N=[N+]=[N-])c1OC1CCCC1. The van der Waals surface area contributed by atoms with Crippen molar-refractivity contribution in [3.63, 3.8) is 0 Å². The van der Waals surface area contributed by atoms with Gasteiger partial charge in [-0.1, -0.05) is 12.1 Å². The predicted octanol–water partition coefficient (Wildman–Crippen LogP) is 3.87. The third-order valence-electron chi connectivity index (χ3n) is 3.36. The Hall–Kier alpha value is -2.46. The van der Waals surface area contributed by atoms with Crippen LogP contribution in [-0.4, -0.2) is 19.1 Å². The van der Waals surface area contributed by atoms with Gasteiger partial charge in [-0.3, -0.25) is 4.79 Å². The lowest BCUT2D eigenvalue weighted by Gasteiger charge is -2.17. The zero-order valence-corrected chi connectivity index (χ0v) is 11.9. The van der Waals surface area contributed by atoms with Crippen LogP contribution in [0.2, 0.25) is 0 Å². The molecule has 0 aromatic heterocycles. The van der Waals surface area contributed by atoms with E-state index in [2.05, 4.69) is 10.0 Å². The molecule has 0 bridgehead atoms. The van der Waals surface area contributed by atoms with Crippen LogP contribution in [0.15, 0.2) is 29.4 Å². The third-order valence-corrected chi connectivity index (χ3v) is 3.36. The molecular formula is C15H17N3O3. The molecule has 0 heterocycles. The maximum atomic E-state index is 11.2. The van der Waals surface area contributed by atoms with Crippen molar-refractivity contribution in [2.45, 2.75) is 31.8 Å². The molecule has 21 heavy (non-hydrogen) atoms. The van der Waals surface area contributed by atoms with E-state index in [1.807, 2.05) is 18.2 Å². The number of benzene rings is 1. The average molecular weight is 287 g/mol. The molecule has 0 spiro atoms. The van der Waals surface area contributed by atoms with E-state index in [0.29, 0.717) is 11.5 Å². The molecule has 1 aromatic carbocycles. The monoisotopic (exact) mass is 287 g/mol. The highest BCUT2D eigenvalue weighted by atomic mass is 16.5. The number of rotatable bonds is 5. The van der Waals surface area contributed by atoms with Crippen molar-refractivity contribution in [2.75, 3.05) is 7.11 Å². The van der Waals surface area contributed by atoms with Crippen molar-refractivity contribution in [1.29, 1.82) is 0 Å². The first-order chi connectivity index (χ1) is 10.2. The Bertz CT molecular complexity index is 586. The summed E-state index contributed by atoms with van der Waals surface area (Å²) in [5.41, 5.74) is 8.94. The summed E-state index contributed by atoms with van der Waals surface area (Å²) in [4.78, 5) is 13.7. The van der Waals surface area contributed by atoms with Crippen LogP contribution in [0.1, 0.15) is 31.2 Å². The summed E-state index contributed by atoms with van der Waals surface area (Å²) in [5, 5.41) is 3.00. The van der Waals surface area contributed by atoms with E-state index < -0.39 is 5.91 Å². The van der Waals surface area contributed by atoms with Crippen molar-refractivity contribution >= 4 is 12.0 Å². The highest BCUT2D eigenvalue weighted by molar-refractivity contribution is 5.92. The zero-order chi connectivity index (χ0) is 15.1. The minimum absolute atomic E-state index is 0.182. The summed E-state index contributed by atoms with van der Waals surface area (Å²) in [7, 11) is 1.58. The Kier molecular flexibility index (Phi) is 5.23. The number of azide groups is 1. The summed E-state index contributed by atoms with van der Waals surface area (Å²) < 4.78 is 11.4. The van der Waals surface area contributed by atoms with Gasteiger partial charge in [0.25, 0.3) is 0 Å². The first kappa shape index (κ1) is 14.9. The van der Waals surface area contributed by atoms with Crippen LogP contribution in [-0.2, 0) is 4.79 Å². The van der Waals surface area contributed by atoms with Crippen LogP contribution < -0.4 is 9.47 Å². The molecule has 1 aromatic rings. The predicted molar refractivity (Wildman–Crippen MR) is 79.1 cm³/mol. The summed E-state index contributed by atoms with van der Waals surface area (Å²) in [6.45, 7) is 0. The highest BCUT2D eigenvalue weighted by Crippen LogP contribution is 2.35. The first-order valence-corrected chi connectivity index (χ1v) is 6.85. The number of para-hydroxylation sites is 1. The number of ether oxygens (including phenoxy) is 2. The first-order valence-electron chi connectivity index (χ1n) is 6.85. The van der Waals surface area contributed by atoms with Gasteiger partial charge in [-0.2, -0.15) is 0 Å². The summed E-state index contributed by atoms with van der Waals surface area (Å²) >= 11 is 0. The standard InChI is InChI=1S/C15H17N3O3/c1-20-13-8-4-5-11(9-10-14(19)17-18-16)15(13)21-12-6-2-3-7-12/h4-5,8-10,12H,2-3,6-7H2,1H3. The topological polar surface area (TPSA) is 84.3 Å². The van der Waals surface area contributed by atoms with Crippen molar-refractivity contribution in [2.24, 2.45) is 5.11 Å². The maximum absolute atomic E-state index is 11.2. The number of nitrogens with zero attached hydrogens (tertiary/aromatic N) is 3. The smallest absolute Gasteiger partial charge is 0.242 e. The molecule has 1 amide bonds. The molecule has 1 fully saturated rings. The van der Waals surface area contributed by atoms with Crippen molar-refractivity contribution in [1.82, 2.24) is 0 Å². The van der Waals surface area contributed by atoms with Crippen LogP contribution >= 0.6 is 0 Å². The third kappa shape index (κ3) is 4.00. The van der Waals surface area contributed by atoms with Crippen LogP contribution in [0, 0.1) is 0 Å². The van der Waals surface area contributed by atoms with Gasteiger partial charge in [-0.15, -0.1) is 0 Å². The van der Waals surface area contributed by atoms with Crippen LogP contribution in [0.4, 0.5) is 0 Å². The number of methoxy groups -OCH3 is 1. The van der Waals surface area contributed by atoms with Gasteiger partial charge >= 0.3 is 0 Å². The fourth-order valence-corrected chi connectivity index (χ4v) is 2.36. The second-order valence-electron chi connectivity index (χ2n) is 4.76. The molecule has 110 valence electrons. The molecule has 1 aliphatic rings. The Balaban J connectivity index is 2.26. The Morgan fingerprint density at radius 2 is 2.19 bits per heavy atom. The molecule has 6 heteroatoms. The normalized spacial score (nSPS) is 14.9. The molecule has 1 aliphatic carbocycles. The second kappa shape index (κ2) is 7.36. The number of carbonyl (C=O) groups excluding carboxylic acids is 1. The fraction of sp³-hybridized carbons (Fsp3) is 0.400. The molecule has 0 saturated heterocycles. The largest absolute Gasteiger partial charge is 0.493 e. The molecule has 0 atom stereocenters. The van der Waals surface area contributed by atoms with E-state index in [1.54, 1.807) is 13.2 Å². The average Bonchev–Trinajstić information content (AvgIpc) is 2.99. The summed E-state index contributed by atoms with van der Waals surface area (Å²) in [6.07, 6.45) is 7.36. The van der Waals surface area contributed by atoms with Gasteiger partial charge in [-0.25, -0.2) is 0 Å². The van der Waals surface area contributed by atoms with E-state index >= 15 is 0 Å². The van der Waals surface area contributed by atoms with E-state index in [1.165, 1.54) is 18.9 Å². The maximum Gasteiger partial charge on any atom is 0.242 e. The van der Waals surface area contributed by atoms with Crippen molar-refractivity contribution in [3.05, 3.63) is 40.3 Å². The molecule has 2 rings (SSSR count). The number of amides is 1. The molecule has 6 nitrogen and oxygen atoms in total. The Labute approximate surface area is 123 Å². The van der Waals surface area contributed by atoms with Crippen LogP contribution in [0.5, 0.6) is 11.5 Å². The van der Waals surface area contributed by atoms with Crippen LogP contribution in [0.25, 0.3) is 16.5 Å². The summed E-state index contributed by atoms with van der Waals surface area (Å²) in [5.74, 6) is 0.601. The van der Waals surface area contributed by atoms with E-state index in [9.17, 15) is 4.79 Å². The van der Waals surface area contributed by atoms with Crippen molar-refractivity contribution in [3.8, 4) is 11.5 Å². The quantitative estimate of drug-likeness (QED) is 0.356. The second-order valence-corrected chi connectivity index (χ2v) is 4.76. The Morgan fingerprint density at radius 1 is 1.43 bits per heavy atom. The lowest BCUT2D eigenvalue weighted by Crippen LogP contribution is -2.12. The van der Waals surface area contributed by atoms with Gasteiger partial charge in [0.05, 0.1) is 13.2 Å². The van der Waals surface area contributed by atoms with E-state index in [0.717, 1.165) is 18.4 Å². The summed E-state index contributed by atoms with van der Waals surface area (Å²) in [6, 6.07) is 5.46. The van der Waals surface area contributed by atoms with Gasteiger partial charge in [0, 0.05) is 10.5 Å². The zero-order valence-electron chi connectivity index (χ0n) is 11.9. The van der Waals surface area contributed by atoms with Crippen molar-refractivity contribution < 1.29 is 14.3 Å². The van der Waals surface area contributed by atoms with Crippen LogP contribution in [0.3, 0.4) is 0 Å². The molecule has 0 aliphatic heterocycles. The van der Waals surface area contributed by atoms with Gasteiger partial charge in [0.1, 0.15) is 0 Å². The van der Waals surface area contributed by atoms with Gasteiger partial charge in [0.15, 0.2) is 11.5 Å². The van der Waals surface area contributed by atoms with E-state index in [-0.39, 0.29) is 6.10 Å². The molecule has 1 saturated carbocycles. The molecule has 0 radical (unpaired) electrons. The number of hydrogen-bond acceptors (Lipinski definition) is 3. The highest BCUT2D eigenvalue weighted by Gasteiger charge is 2.19. The molecule has 0 unspecified atom stereocenters. The number of hydrogen-bond donors (Lipinski definition) is 0. The lowest BCUT2D eigenvalue weighted by molar-refractivity contribution is -0.113. The number of carbonyl (C=O) groups is 1. The fourth-order valence-electron chi connectivity index (χ4n) is 2.36. The van der Waals surface area contributed by atoms with Gasteiger partial charge in [-0.05, 0) is 54.5 Å².